The van der Waals surface area contributed by atoms with Gasteiger partial charge in [-0.05, 0) is 38.5 Å². The van der Waals surface area contributed by atoms with Gasteiger partial charge in [-0.1, -0.05) is 45.4 Å². The Morgan fingerprint density at radius 1 is 0.714 bits per heavy atom. The fourth-order valence-corrected chi connectivity index (χ4v) is 5.21. The van der Waals surface area contributed by atoms with Gasteiger partial charge < -0.3 is 10.6 Å². The highest BCUT2D eigenvalue weighted by Crippen LogP contribution is 2.37. The quantitative estimate of drug-likeness (QED) is 0.345. The highest BCUT2D eigenvalue weighted by atomic mass is 16.2. The highest BCUT2D eigenvalue weighted by molar-refractivity contribution is 6.02. The summed E-state index contributed by atoms with van der Waals surface area (Å²) in [6, 6.07) is -1.07. The molecule has 4 N–H and O–H groups in total. The molecule has 10 nitrogen and oxygen atoms in total. The van der Waals surface area contributed by atoms with E-state index in [1.54, 1.807) is 0 Å². The Bertz CT molecular complexity index is 843. The molecule has 35 heavy (non-hydrogen) atoms. The molecule has 0 spiro atoms. The molecule has 0 radical (unpaired) electrons. The molecule has 0 aromatic rings. The van der Waals surface area contributed by atoms with Gasteiger partial charge in [-0.25, -0.2) is 0 Å². The molecule has 0 bridgehead atoms. The molecule has 2 saturated carbocycles. The van der Waals surface area contributed by atoms with Gasteiger partial charge in [-0.15, -0.1) is 0 Å². The van der Waals surface area contributed by atoms with Gasteiger partial charge in [-0.3, -0.25) is 39.4 Å². The van der Waals surface area contributed by atoms with E-state index in [1.807, 2.05) is 6.92 Å². The number of piperidine rings is 2. The molecule has 4 rings (SSSR count). The van der Waals surface area contributed by atoms with Crippen molar-refractivity contribution in [3.63, 3.8) is 0 Å². The number of amides is 6. The summed E-state index contributed by atoms with van der Waals surface area (Å²) in [6.45, 7) is 1.95. The van der Waals surface area contributed by atoms with Gasteiger partial charge in [0.25, 0.3) is 0 Å². The van der Waals surface area contributed by atoms with Crippen molar-refractivity contribution in [1.82, 2.24) is 21.3 Å². The second-order valence-electron chi connectivity index (χ2n) is 10.4. The van der Waals surface area contributed by atoms with E-state index >= 15 is 0 Å². The normalized spacial score (nSPS) is 27.0. The van der Waals surface area contributed by atoms with Crippen LogP contribution in [0.25, 0.3) is 0 Å². The maximum absolute atomic E-state index is 12.1. The molecule has 2 saturated heterocycles. The molecule has 2 aliphatic carbocycles. The van der Waals surface area contributed by atoms with E-state index < -0.39 is 12.1 Å². The molecular formula is C25H38N4O6. The second kappa shape index (κ2) is 12.3. The van der Waals surface area contributed by atoms with Crippen LogP contribution in [-0.4, -0.2) is 47.5 Å². The molecule has 2 aliphatic heterocycles. The van der Waals surface area contributed by atoms with E-state index in [4.69, 9.17) is 0 Å². The smallest absolute Gasteiger partial charge is 0.249 e. The topological polar surface area (TPSA) is 151 Å². The van der Waals surface area contributed by atoms with E-state index in [0.717, 1.165) is 51.4 Å². The van der Waals surface area contributed by atoms with Crippen LogP contribution in [0.1, 0.15) is 96.8 Å². The number of carbonyl (C=O) groups is 6. The van der Waals surface area contributed by atoms with Gasteiger partial charge in [0.15, 0.2) is 0 Å². The lowest BCUT2D eigenvalue weighted by Gasteiger charge is -2.27. The molecule has 2 atom stereocenters. The summed E-state index contributed by atoms with van der Waals surface area (Å²) in [5, 5.41) is 10.1. The van der Waals surface area contributed by atoms with Crippen LogP contribution >= 0.6 is 0 Å². The summed E-state index contributed by atoms with van der Waals surface area (Å²) < 4.78 is 0. The Morgan fingerprint density at radius 2 is 1.20 bits per heavy atom. The van der Waals surface area contributed by atoms with Gasteiger partial charge in [-0.2, -0.15) is 0 Å². The summed E-state index contributed by atoms with van der Waals surface area (Å²) in [7, 11) is 0. The standard InChI is InChI=1S/C13H20N2O3.C12H18N2O3/c16-11-8-7-10(13(18)15-11)14-12(17)9-5-3-1-2-4-6-9;1-12(6-2-3-7-12)11(17)13-8-4-5-9(15)14-10(8)16/h9-10H,1-8H2,(H,14,17)(H,15,16,18);8H,2-7H2,1H3,(H,13,17)(H,14,15,16). The van der Waals surface area contributed by atoms with Gasteiger partial charge in [0, 0.05) is 24.2 Å². The van der Waals surface area contributed by atoms with Crippen LogP contribution in [-0.2, 0) is 28.8 Å². The highest BCUT2D eigenvalue weighted by Gasteiger charge is 2.39. The predicted octanol–water partition coefficient (Wildman–Crippen LogP) is 1.37. The Morgan fingerprint density at radius 3 is 1.69 bits per heavy atom. The third-order valence-corrected chi connectivity index (χ3v) is 7.58. The number of imide groups is 2. The zero-order chi connectivity index (χ0) is 25.4. The Labute approximate surface area is 206 Å². The molecule has 10 heteroatoms. The van der Waals surface area contributed by atoms with Crippen molar-refractivity contribution in [2.24, 2.45) is 11.3 Å². The lowest BCUT2D eigenvalue weighted by Crippen LogP contribution is -2.54. The number of nitrogens with one attached hydrogen (secondary N) is 4. The molecule has 2 unspecified atom stereocenters. The van der Waals surface area contributed by atoms with Crippen LogP contribution < -0.4 is 21.3 Å². The van der Waals surface area contributed by atoms with Gasteiger partial charge >= 0.3 is 0 Å². The summed E-state index contributed by atoms with van der Waals surface area (Å²) in [5.74, 6) is -1.29. The molecule has 0 aromatic carbocycles. The SMILES string of the molecule is CC1(C(=O)NC2CCC(=O)NC2=O)CCCC1.O=C1CCC(NC(=O)C2CCCCCC2)C(=O)N1. The minimum absolute atomic E-state index is 0.0219. The van der Waals surface area contributed by atoms with Crippen LogP contribution in [0.5, 0.6) is 0 Å². The van der Waals surface area contributed by atoms with E-state index in [2.05, 4.69) is 21.3 Å². The fourth-order valence-electron chi connectivity index (χ4n) is 5.21. The average Bonchev–Trinajstić information content (AvgIpc) is 3.09. The van der Waals surface area contributed by atoms with E-state index in [9.17, 15) is 28.8 Å². The number of carbonyl (C=O) groups excluding carboxylic acids is 6. The van der Waals surface area contributed by atoms with Crippen LogP contribution in [0, 0.1) is 11.3 Å². The van der Waals surface area contributed by atoms with E-state index in [1.165, 1.54) is 12.8 Å². The average molecular weight is 491 g/mol. The zero-order valence-electron chi connectivity index (χ0n) is 20.6. The van der Waals surface area contributed by atoms with Crippen LogP contribution in [0.15, 0.2) is 0 Å². The van der Waals surface area contributed by atoms with Gasteiger partial charge in [0.1, 0.15) is 12.1 Å². The number of hydrogen-bond donors (Lipinski definition) is 4. The number of rotatable bonds is 4. The molecule has 0 aromatic heterocycles. The fraction of sp³-hybridized carbons (Fsp3) is 0.760. The molecule has 4 fully saturated rings. The number of hydrogen-bond acceptors (Lipinski definition) is 6. The Balaban J connectivity index is 0.000000196. The van der Waals surface area contributed by atoms with Crippen molar-refractivity contribution in [3.05, 3.63) is 0 Å². The molecular weight excluding hydrogens is 452 g/mol. The lowest BCUT2D eigenvalue weighted by molar-refractivity contribution is -0.139. The largest absolute Gasteiger partial charge is 0.344 e. The summed E-state index contributed by atoms with van der Waals surface area (Å²) >= 11 is 0. The van der Waals surface area contributed by atoms with Crippen molar-refractivity contribution in [2.45, 2.75) is 109 Å². The zero-order valence-corrected chi connectivity index (χ0v) is 20.6. The first-order valence-electron chi connectivity index (χ1n) is 13.0. The maximum Gasteiger partial charge on any atom is 0.249 e. The van der Waals surface area contributed by atoms with Crippen molar-refractivity contribution in [3.8, 4) is 0 Å². The minimum Gasteiger partial charge on any atom is -0.344 e. The third-order valence-electron chi connectivity index (χ3n) is 7.58. The summed E-state index contributed by atoms with van der Waals surface area (Å²) in [6.07, 6.45) is 11.7. The Hall–Kier alpha value is -2.78. The van der Waals surface area contributed by atoms with Crippen molar-refractivity contribution in [1.29, 1.82) is 0 Å². The van der Waals surface area contributed by atoms with Crippen LogP contribution in [0.2, 0.25) is 0 Å². The summed E-state index contributed by atoms with van der Waals surface area (Å²) in [5.41, 5.74) is -0.332. The molecule has 194 valence electrons. The predicted molar refractivity (Wildman–Crippen MR) is 126 cm³/mol. The van der Waals surface area contributed by atoms with Crippen LogP contribution in [0.3, 0.4) is 0 Å². The molecule has 4 aliphatic rings. The first-order valence-corrected chi connectivity index (χ1v) is 13.0. The van der Waals surface area contributed by atoms with Crippen molar-refractivity contribution < 1.29 is 28.8 Å². The third kappa shape index (κ3) is 7.60. The van der Waals surface area contributed by atoms with Gasteiger partial charge in [0.2, 0.25) is 35.4 Å². The van der Waals surface area contributed by atoms with E-state index in [-0.39, 0.29) is 46.8 Å². The first kappa shape index (κ1) is 26.8. The van der Waals surface area contributed by atoms with Crippen molar-refractivity contribution >= 4 is 35.4 Å². The van der Waals surface area contributed by atoms with Crippen LogP contribution in [0.4, 0.5) is 0 Å². The monoisotopic (exact) mass is 490 g/mol. The molecule has 6 amide bonds. The second-order valence-corrected chi connectivity index (χ2v) is 10.4. The lowest BCUT2D eigenvalue weighted by atomic mass is 9.87. The summed E-state index contributed by atoms with van der Waals surface area (Å²) in [4.78, 5) is 69.2. The molecule has 2 heterocycles. The minimum atomic E-state index is -0.544. The van der Waals surface area contributed by atoms with Crippen molar-refractivity contribution in [2.75, 3.05) is 0 Å². The first-order chi connectivity index (χ1) is 16.7. The van der Waals surface area contributed by atoms with E-state index in [0.29, 0.717) is 25.7 Å². The Kier molecular flexibility index (Phi) is 9.40. The van der Waals surface area contributed by atoms with Gasteiger partial charge in [0.05, 0.1) is 0 Å². The maximum atomic E-state index is 12.1.